The number of anilines is 1. The van der Waals surface area contributed by atoms with Crippen molar-refractivity contribution >= 4 is 17.6 Å². The molecule has 1 fully saturated rings. The quantitative estimate of drug-likeness (QED) is 0.824. The summed E-state index contributed by atoms with van der Waals surface area (Å²) < 4.78 is 10.9. The largest absolute Gasteiger partial charge is 0.486 e. The number of rotatable bonds is 1. The number of carbonyl (C=O) groups is 2. The highest BCUT2D eigenvalue weighted by Crippen LogP contribution is 2.34. The van der Waals surface area contributed by atoms with Crippen molar-refractivity contribution in [2.24, 2.45) is 5.92 Å². The molecule has 1 aromatic rings. The Morgan fingerprint density at radius 1 is 1.21 bits per heavy atom. The number of imide groups is 1. The van der Waals surface area contributed by atoms with Crippen molar-refractivity contribution in [3.63, 3.8) is 0 Å². The number of hydrogen-bond donors (Lipinski definition) is 1. The normalized spacial score (nSPS) is 22.2. The van der Waals surface area contributed by atoms with E-state index in [0.29, 0.717) is 36.9 Å². The van der Waals surface area contributed by atoms with Gasteiger partial charge in [-0.25, -0.2) is 4.79 Å². The van der Waals surface area contributed by atoms with Crippen molar-refractivity contribution in [3.8, 4) is 11.5 Å². The van der Waals surface area contributed by atoms with Crippen LogP contribution in [0.3, 0.4) is 0 Å². The second kappa shape index (κ2) is 4.46. The van der Waals surface area contributed by atoms with E-state index in [4.69, 9.17) is 9.47 Å². The highest BCUT2D eigenvalue weighted by Gasteiger charge is 2.30. The van der Waals surface area contributed by atoms with E-state index in [1.807, 2.05) is 0 Å². The molecule has 1 saturated heterocycles. The first-order valence-corrected chi connectivity index (χ1v) is 6.17. The summed E-state index contributed by atoms with van der Waals surface area (Å²) in [5.74, 6) is 0.835. The van der Waals surface area contributed by atoms with Gasteiger partial charge in [0.1, 0.15) is 13.2 Å². The molecule has 0 aromatic heterocycles. The molecule has 1 unspecified atom stereocenters. The molecule has 6 nitrogen and oxygen atoms in total. The fourth-order valence-corrected chi connectivity index (χ4v) is 2.16. The summed E-state index contributed by atoms with van der Waals surface area (Å²) in [5.41, 5.74) is 0.695. The predicted molar refractivity (Wildman–Crippen MR) is 67.5 cm³/mol. The van der Waals surface area contributed by atoms with Crippen LogP contribution in [0, 0.1) is 5.92 Å². The van der Waals surface area contributed by atoms with Crippen molar-refractivity contribution in [3.05, 3.63) is 18.2 Å². The molecule has 0 radical (unpaired) electrons. The van der Waals surface area contributed by atoms with E-state index in [2.05, 4.69) is 5.32 Å². The van der Waals surface area contributed by atoms with E-state index in [0.717, 1.165) is 0 Å². The zero-order chi connectivity index (χ0) is 13.4. The number of hydrogen-bond acceptors (Lipinski definition) is 4. The van der Waals surface area contributed by atoms with E-state index < -0.39 is 6.03 Å². The summed E-state index contributed by atoms with van der Waals surface area (Å²) >= 11 is 0. The van der Waals surface area contributed by atoms with Crippen LogP contribution in [0.5, 0.6) is 11.5 Å². The van der Waals surface area contributed by atoms with Gasteiger partial charge >= 0.3 is 6.03 Å². The standard InChI is InChI=1S/C13H14N2O4/c1-8-7-15(13(17)14-12(8)16)9-2-3-10-11(6-9)19-5-4-18-10/h2-3,6,8H,4-5,7H2,1H3,(H,14,16,17). The third kappa shape index (κ3) is 2.09. The minimum absolute atomic E-state index is 0.231. The summed E-state index contributed by atoms with van der Waals surface area (Å²) in [6.45, 7) is 3.18. The molecule has 2 aliphatic rings. The van der Waals surface area contributed by atoms with Gasteiger partial charge in [-0.3, -0.25) is 15.0 Å². The van der Waals surface area contributed by atoms with Crippen molar-refractivity contribution in [2.75, 3.05) is 24.7 Å². The number of carbonyl (C=O) groups excluding carboxylic acids is 2. The molecule has 0 bridgehead atoms. The summed E-state index contributed by atoms with van der Waals surface area (Å²) in [4.78, 5) is 24.8. The third-order valence-corrected chi connectivity index (χ3v) is 3.22. The first-order valence-electron chi connectivity index (χ1n) is 6.17. The molecule has 19 heavy (non-hydrogen) atoms. The molecule has 3 amide bonds. The van der Waals surface area contributed by atoms with Crippen molar-refractivity contribution in [2.45, 2.75) is 6.92 Å². The van der Waals surface area contributed by atoms with E-state index in [-0.39, 0.29) is 11.8 Å². The van der Waals surface area contributed by atoms with Crippen LogP contribution in [0.2, 0.25) is 0 Å². The maximum atomic E-state index is 11.8. The van der Waals surface area contributed by atoms with Gasteiger partial charge < -0.3 is 9.47 Å². The Morgan fingerprint density at radius 3 is 2.74 bits per heavy atom. The Hall–Kier alpha value is -2.24. The van der Waals surface area contributed by atoms with Crippen molar-refractivity contribution in [1.29, 1.82) is 0 Å². The number of urea groups is 1. The van der Waals surface area contributed by atoms with Crippen LogP contribution in [0.4, 0.5) is 10.5 Å². The zero-order valence-electron chi connectivity index (χ0n) is 10.5. The monoisotopic (exact) mass is 262 g/mol. The molecule has 3 rings (SSSR count). The Balaban J connectivity index is 1.89. The smallest absolute Gasteiger partial charge is 0.328 e. The molecule has 0 aliphatic carbocycles. The summed E-state index contributed by atoms with van der Waals surface area (Å²) in [6.07, 6.45) is 0. The molecule has 1 N–H and O–H groups in total. The molecule has 2 heterocycles. The van der Waals surface area contributed by atoms with Gasteiger partial charge in [-0.05, 0) is 12.1 Å². The average Bonchev–Trinajstić information content (AvgIpc) is 2.42. The van der Waals surface area contributed by atoms with Gasteiger partial charge in [0.15, 0.2) is 11.5 Å². The lowest BCUT2D eigenvalue weighted by Gasteiger charge is -2.31. The maximum Gasteiger partial charge on any atom is 0.328 e. The number of benzene rings is 1. The summed E-state index contributed by atoms with van der Waals surface area (Å²) in [6, 6.07) is 4.92. The van der Waals surface area contributed by atoms with E-state index in [9.17, 15) is 9.59 Å². The Bertz CT molecular complexity index is 543. The van der Waals surface area contributed by atoms with E-state index >= 15 is 0 Å². The van der Waals surface area contributed by atoms with Gasteiger partial charge in [-0.1, -0.05) is 6.92 Å². The first-order chi connectivity index (χ1) is 9.15. The minimum atomic E-state index is -0.403. The van der Waals surface area contributed by atoms with Crippen molar-refractivity contribution in [1.82, 2.24) is 5.32 Å². The second-order valence-electron chi connectivity index (χ2n) is 4.63. The fourth-order valence-electron chi connectivity index (χ4n) is 2.16. The van der Waals surface area contributed by atoms with Gasteiger partial charge in [-0.2, -0.15) is 0 Å². The van der Waals surface area contributed by atoms with Crippen molar-refractivity contribution < 1.29 is 19.1 Å². The molecule has 6 heteroatoms. The third-order valence-electron chi connectivity index (χ3n) is 3.22. The highest BCUT2D eigenvalue weighted by molar-refractivity contribution is 6.06. The molecular formula is C13H14N2O4. The van der Waals surface area contributed by atoms with Gasteiger partial charge in [0, 0.05) is 18.3 Å². The van der Waals surface area contributed by atoms with Crippen LogP contribution >= 0.6 is 0 Å². The Labute approximate surface area is 110 Å². The lowest BCUT2D eigenvalue weighted by Crippen LogP contribution is -2.53. The number of amides is 3. The van der Waals surface area contributed by atoms with Gasteiger partial charge in [0.05, 0.1) is 5.92 Å². The second-order valence-corrected chi connectivity index (χ2v) is 4.63. The zero-order valence-corrected chi connectivity index (χ0v) is 10.5. The number of fused-ring (bicyclic) bond motifs is 1. The number of nitrogens with one attached hydrogen (secondary N) is 1. The SMILES string of the molecule is CC1CN(c2ccc3c(c2)OCCO3)C(=O)NC1=O. The average molecular weight is 262 g/mol. The van der Waals surface area contributed by atoms with Crippen LogP contribution in [-0.4, -0.2) is 31.7 Å². The molecule has 0 spiro atoms. The molecular weight excluding hydrogens is 248 g/mol. The first kappa shape index (κ1) is 11.8. The van der Waals surface area contributed by atoms with Crippen LogP contribution < -0.4 is 19.7 Å². The van der Waals surface area contributed by atoms with Gasteiger partial charge in [-0.15, -0.1) is 0 Å². The van der Waals surface area contributed by atoms with Gasteiger partial charge in [0.25, 0.3) is 0 Å². The minimum Gasteiger partial charge on any atom is -0.486 e. The molecule has 0 saturated carbocycles. The molecule has 1 atom stereocenters. The predicted octanol–water partition coefficient (Wildman–Crippen LogP) is 1.15. The Kier molecular flexibility index (Phi) is 2.77. The number of ether oxygens (including phenoxy) is 2. The van der Waals surface area contributed by atoms with Crippen LogP contribution in [0.25, 0.3) is 0 Å². The molecule has 2 aliphatic heterocycles. The lowest BCUT2D eigenvalue weighted by molar-refractivity contribution is -0.123. The van der Waals surface area contributed by atoms with Crippen LogP contribution in [0.15, 0.2) is 18.2 Å². The summed E-state index contributed by atoms with van der Waals surface area (Å²) in [5, 5.41) is 2.33. The number of nitrogens with zero attached hydrogens (tertiary/aromatic N) is 1. The fraction of sp³-hybridized carbons (Fsp3) is 0.385. The summed E-state index contributed by atoms with van der Waals surface area (Å²) in [7, 11) is 0. The highest BCUT2D eigenvalue weighted by atomic mass is 16.6. The van der Waals surface area contributed by atoms with E-state index in [1.165, 1.54) is 4.90 Å². The molecule has 100 valence electrons. The van der Waals surface area contributed by atoms with Gasteiger partial charge in [0.2, 0.25) is 5.91 Å². The molecule has 1 aromatic carbocycles. The van der Waals surface area contributed by atoms with Crippen LogP contribution in [0.1, 0.15) is 6.92 Å². The van der Waals surface area contributed by atoms with Crippen LogP contribution in [-0.2, 0) is 4.79 Å². The Morgan fingerprint density at radius 2 is 1.95 bits per heavy atom. The van der Waals surface area contributed by atoms with E-state index in [1.54, 1.807) is 25.1 Å². The lowest BCUT2D eigenvalue weighted by atomic mass is 10.1. The topological polar surface area (TPSA) is 67.9 Å². The maximum absolute atomic E-state index is 11.8.